The van der Waals surface area contributed by atoms with Gasteiger partial charge < -0.3 is 18.9 Å². The molecule has 0 saturated carbocycles. The second-order valence-corrected chi connectivity index (χ2v) is 7.57. The summed E-state index contributed by atoms with van der Waals surface area (Å²) in [5.74, 6) is -1.95. The SMILES string of the molecule is CC(=O)O[C@@H]1[C@@H](OC(C)=O)[C@H](C)O[C@@H]([S@](=O)c2ccccc2)[C@@H]1OC(C)=O. The van der Waals surface area contributed by atoms with Crippen LogP contribution in [-0.2, 0) is 44.1 Å². The van der Waals surface area contributed by atoms with Gasteiger partial charge in [0.1, 0.15) is 0 Å². The van der Waals surface area contributed by atoms with E-state index >= 15 is 0 Å². The lowest BCUT2D eigenvalue weighted by molar-refractivity contribution is -0.229. The number of carbonyl (C=O) groups excluding carboxylic acids is 3. The first kappa shape index (κ1) is 21.0. The highest BCUT2D eigenvalue weighted by atomic mass is 32.2. The van der Waals surface area contributed by atoms with E-state index in [1.165, 1.54) is 20.8 Å². The number of benzene rings is 1. The summed E-state index contributed by atoms with van der Waals surface area (Å²) in [5.41, 5.74) is -1.11. The highest BCUT2D eigenvalue weighted by Gasteiger charge is 2.52. The van der Waals surface area contributed by atoms with Crippen molar-refractivity contribution in [1.29, 1.82) is 0 Å². The Morgan fingerprint density at radius 1 is 0.852 bits per heavy atom. The van der Waals surface area contributed by atoms with E-state index in [-0.39, 0.29) is 0 Å². The molecule has 1 fully saturated rings. The molecule has 1 saturated heterocycles. The molecule has 1 aliphatic rings. The van der Waals surface area contributed by atoms with Gasteiger partial charge in [-0.3, -0.25) is 18.6 Å². The summed E-state index contributed by atoms with van der Waals surface area (Å²) in [6.07, 6.45) is -4.13. The van der Waals surface area contributed by atoms with Crippen LogP contribution in [0.1, 0.15) is 27.7 Å². The molecule has 27 heavy (non-hydrogen) atoms. The van der Waals surface area contributed by atoms with Gasteiger partial charge in [-0.25, -0.2) is 0 Å². The molecule has 0 unspecified atom stereocenters. The van der Waals surface area contributed by atoms with Crippen LogP contribution in [0.2, 0.25) is 0 Å². The number of hydrogen-bond donors (Lipinski definition) is 0. The molecular weight excluding hydrogens is 376 g/mol. The maximum atomic E-state index is 13.0. The summed E-state index contributed by atoms with van der Waals surface area (Å²) in [7, 11) is -1.73. The molecule has 0 bridgehead atoms. The number of hydrogen-bond acceptors (Lipinski definition) is 8. The summed E-state index contributed by atoms with van der Waals surface area (Å²) in [6.45, 7) is 5.15. The molecule has 2 rings (SSSR count). The zero-order valence-electron chi connectivity index (χ0n) is 15.4. The minimum absolute atomic E-state index is 0.458. The topological polar surface area (TPSA) is 105 Å². The fourth-order valence-corrected chi connectivity index (χ4v) is 4.25. The molecule has 9 heteroatoms. The third-order valence-corrected chi connectivity index (χ3v) is 5.36. The lowest BCUT2D eigenvalue weighted by Crippen LogP contribution is -2.61. The molecule has 1 aromatic rings. The van der Waals surface area contributed by atoms with Gasteiger partial charge in [-0.1, -0.05) is 18.2 Å². The second-order valence-electron chi connectivity index (χ2n) is 6.04. The summed E-state index contributed by atoms with van der Waals surface area (Å²) >= 11 is 0. The molecule has 8 nitrogen and oxygen atoms in total. The summed E-state index contributed by atoms with van der Waals surface area (Å²) in [6, 6.07) is 8.49. The molecule has 0 aromatic heterocycles. The van der Waals surface area contributed by atoms with Gasteiger partial charge in [-0.2, -0.15) is 0 Å². The monoisotopic (exact) mass is 398 g/mol. The van der Waals surface area contributed by atoms with Crippen LogP contribution in [0.15, 0.2) is 35.2 Å². The molecule has 0 N–H and O–H groups in total. The smallest absolute Gasteiger partial charge is 0.303 e. The van der Waals surface area contributed by atoms with Gasteiger partial charge in [0.2, 0.25) is 0 Å². The van der Waals surface area contributed by atoms with Gasteiger partial charge in [0.15, 0.2) is 23.7 Å². The Kier molecular flexibility index (Phi) is 7.09. The molecule has 6 atom stereocenters. The van der Waals surface area contributed by atoms with Crippen molar-refractivity contribution in [1.82, 2.24) is 0 Å². The van der Waals surface area contributed by atoms with Crippen LogP contribution in [0, 0.1) is 0 Å². The van der Waals surface area contributed by atoms with Crippen molar-refractivity contribution in [2.24, 2.45) is 0 Å². The Morgan fingerprint density at radius 2 is 1.33 bits per heavy atom. The van der Waals surface area contributed by atoms with E-state index in [9.17, 15) is 18.6 Å². The van der Waals surface area contributed by atoms with Crippen LogP contribution in [0.5, 0.6) is 0 Å². The van der Waals surface area contributed by atoms with E-state index in [4.69, 9.17) is 18.9 Å². The summed E-state index contributed by atoms with van der Waals surface area (Å²) in [5, 5.41) is 0. The van der Waals surface area contributed by atoms with E-state index in [1.54, 1.807) is 37.3 Å². The molecule has 0 aliphatic carbocycles. The van der Waals surface area contributed by atoms with Crippen molar-refractivity contribution in [3.63, 3.8) is 0 Å². The maximum Gasteiger partial charge on any atom is 0.303 e. The molecular formula is C18H22O8S. The Labute approximate surface area is 159 Å². The van der Waals surface area contributed by atoms with E-state index in [0.29, 0.717) is 4.90 Å². The minimum atomic E-state index is -1.73. The molecule has 1 heterocycles. The average molecular weight is 398 g/mol. The van der Waals surface area contributed by atoms with Gasteiger partial charge in [0.05, 0.1) is 16.9 Å². The Balaban J connectivity index is 2.43. The minimum Gasteiger partial charge on any atom is -0.456 e. The van der Waals surface area contributed by atoms with Crippen molar-refractivity contribution in [3.8, 4) is 0 Å². The first-order valence-electron chi connectivity index (χ1n) is 8.33. The van der Waals surface area contributed by atoms with Crippen LogP contribution in [0.3, 0.4) is 0 Å². The van der Waals surface area contributed by atoms with Crippen molar-refractivity contribution in [2.45, 2.75) is 62.4 Å². The van der Waals surface area contributed by atoms with Crippen LogP contribution in [-0.4, -0.2) is 52.0 Å². The fraction of sp³-hybridized carbons (Fsp3) is 0.500. The van der Waals surface area contributed by atoms with Crippen LogP contribution in [0.4, 0.5) is 0 Å². The van der Waals surface area contributed by atoms with E-state index in [0.717, 1.165) is 0 Å². The largest absolute Gasteiger partial charge is 0.456 e. The van der Waals surface area contributed by atoms with E-state index in [2.05, 4.69) is 0 Å². The molecule has 0 radical (unpaired) electrons. The lowest BCUT2D eigenvalue weighted by Gasteiger charge is -2.43. The quantitative estimate of drug-likeness (QED) is 0.540. The zero-order chi connectivity index (χ0) is 20.1. The number of carbonyl (C=O) groups is 3. The summed E-state index contributed by atoms with van der Waals surface area (Å²) in [4.78, 5) is 35.2. The Morgan fingerprint density at radius 3 is 1.85 bits per heavy atom. The van der Waals surface area contributed by atoms with Gasteiger partial charge >= 0.3 is 17.9 Å². The molecule has 148 valence electrons. The highest BCUT2D eigenvalue weighted by molar-refractivity contribution is 7.85. The molecule has 1 aromatic carbocycles. The predicted molar refractivity (Wildman–Crippen MR) is 93.8 cm³/mol. The number of esters is 3. The second kappa shape index (κ2) is 9.09. The zero-order valence-corrected chi connectivity index (χ0v) is 16.3. The third-order valence-electron chi connectivity index (χ3n) is 3.82. The van der Waals surface area contributed by atoms with Crippen LogP contribution < -0.4 is 0 Å². The van der Waals surface area contributed by atoms with Crippen molar-refractivity contribution in [2.75, 3.05) is 0 Å². The van der Waals surface area contributed by atoms with Gasteiger partial charge in [-0.15, -0.1) is 0 Å². The standard InChI is InChI=1S/C18H22O8S/c1-10-15(24-11(2)19)16(25-12(3)20)17(26-13(4)21)18(23-10)27(22)14-8-6-5-7-9-14/h5-10,15-18H,1-4H3/t10-,15-,16+,17+,18-,27+/m0/s1. The Bertz CT molecular complexity index is 719. The van der Waals surface area contributed by atoms with Crippen LogP contribution >= 0.6 is 0 Å². The number of rotatable bonds is 5. The average Bonchev–Trinajstić information content (AvgIpc) is 2.59. The summed E-state index contributed by atoms with van der Waals surface area (Å²) < 4.78 is 34.7. The van der Waals surface area contributed by atoms with Gasteiger partial charge in [-0.05, 0) is 19.1 Å². The third kappa shape index (κ3) is 5.36. The van der Waals surface area contributed by atoms with Crippen molar-refractivity contribution < 1.29 is 37.5 Å². The molecule has 1 aliphatic heterocycles. The van der Waals surface area contributed by atoms with Crippen molar-refractivity contribution in [3.05, 3.63) is 30.3 Å². The van der Waals surface area contributed by atoms with Crippen molar-refractivity contribution >= 4 is 28.7 Å². The maximum absolute atomic E-state index is 13.0. The normalized spacial score (nSPS) is 28.7. The van der Waals surface area contributed by atoms with Crippen LogP contribution in [0.25, 0.3) is 0 Å². The molecule has 0 amide bonds. The Hall–Kier alpha value is -2.26. The fourth-order valence-electron chi connectivity index (χ4n) is 2.83. The highest BCUT2D eigenvalue weighted by Crippen LogP contribution is 2.32. The number of ether oxygens (including phenoxy) is 4. The van der Waals surface area contributed by atoms with Gasteiger partial charge in [0, 0.05) is 25.7 Å². The van der Waals surface area contributed by atoms with Gasteiger partial charge in [0.25, 0.3) is 0 Å². The first-order chi connectivity index (χ1) is 12.7. The van der Waals surface area contributed by atoms with E-state index < -0.39 is 58.6 Å². The first-order valence-corrected chi connectivity index (χ1v) is 9.54. The molecule has 0 spiro atoms. The lowest BCUT2D eigenvalue weighted by atomic mass is 10.00. The predicted octanol–water partition coefficient (Wildman–Crippen LogP) is 1.33. The van der Waals surface area contributed by atoms with E-state index in [1.807, 2.05) is 0 Å².